The fourth-order valence-electron chi connectivity index (χ4n) is 3.38. The van der Waals surface area contributed by atoms with Crippen LogP contribution in [0.25, 0.3) is 0 Å². The maximum absolute atomic E-state index is 14.2. The average molecular weight is 250 g/mol. The molecule has 96 valence electrons. The number of aryl methyl sites for hydroxylation is 1. The number of hydrogen-bond donors (Lipinski definition) is 1. The van der Waals surface area contributed by atoms with E-state index < -0.39 is 11.2 Å². The van der Waals surface area contributed by atoms with Crippen LogP contribution in [0.15, 0.2) is 12.1 Å². The van der Waals surface area contributed by atoms with Crippen LogP contribution in [0.1, 0.15) is 30.4 Å². The molecule has 18 heavy (non-hydrogen) atoms. The lowest BCUT2D eigenvalue weighted by Gasteiger charge is -2.27. The van der Waals surface area contributed by atoms with Gasteiger partial charge in [-0.1, -0.05) is 6.07 Å². The first-order chi connectivity index (χ1) is 8.60. The SMILES string of the molecule is COC(=O)[C@H]1C[C@@]12CCCc1ccc(O)c(F)c12. The van der Waals surface area contributed by atoms with Gasteiger partial charge in [0.05, 0.1) is 13.0 Å². The maximum Gasteiger partial charge on any atom is 0.309 e. The van der Waals surface area contributed by atoms with Gasteiger partial charge in [-0.05, 0) is 37.3 Å². The molecule has 0 radical (unpaired) electrons. The van der Waals surface area contributed by atoms with Gasteiger partial charge in [-0.25, -0.2) is 4.39 Å². The molecule has 4 heteroatoms. The van der Waals surface area contributed by atoms with Crippen molar-refractivity contribution in [3.63, 3.8) is 0 Å². The molecule has 2 atom stereocenters. The first kappa shape index (κ1) is 11.5. The molecule has 1 saturated carbocycles. The summed E-state index contributed by atoms with van der Waals surface area (Å²) in [5.74, 6) is -1.41. The molecule has 0 aliphatic heterocycles. The number of fused-ring (bicyclic) bond motifs is 2. The van der Waals surface area contributed by atoms with Crippen LogP contribution in [0.3, 0.4) is 0 Å². The van der Waals surface area contributed by atoms with E-state index in [4.69, 9.17) is 4.74 Å². The maximum atomic E-state index is 14.2. The van der Waals surface area contributed by atoms with Crippen molar-refractivity contribution >= 4 is 5.97 Å². The summed E-state index contributed by atoms with van der Waals surface area (Å²) >= 11 is 0. The Hall–Kier alpha value is -1.58. The van der Waals surface area contributed by atoms with Gasteiger partial charge in [-0.2, -0.15) is 0 Å². The minimum Gasteiger partial charge on any atom is -0.505 e. The van der Waals surface area contributed by atoms with Gasteiger partial charge in [-0.3, -0.25) is 4.79 Å². The Morgan fingerprint density at radius 1 is 1.56 bits per heavy atom. The minimum atomic E-state index is -0.557. The molecule has 0 unspecified atom stereocenters. The van der Waals surface area contributed by atoms with E-state index in [2.05, 4.69) is 0 Å². The van der Waals surface area contributed by atoms with Crippen LogP contribution in [0.2, 0.25) is 0 Å². The largest absolute Gasteiger partial charge is 0.505 e. The number of aromatic hydroxyl groups is 1. The Kier molecular flexibility index (Phi) is 2.37. The summed E-state index contributed by atoms with van der Waals surface area (Å²) in [4.78, 5) is 11.6. The van der Waals surface area contributed by atoms with Gasteiger partial charge < -0.3 is 9.84 Å². The Bertz CT molecular complexity index is 526. The van der Waals surface area contributed by atoms with Gasteiger partial charge in [0.2, 0.25) is 0 Å². The highest BCUT2D eigenvalue weighted by Gasteiger charge is 2.62. The normalized spacial score (nSPS) is 28.9. The van der Waals surface area contributed by atoms with Crippen LogP contribution in [0.4, 0.5) is 4.39 Å². The molecule has 1 fully saturated rings. The van der Waals surface area contributed by atoms with E-state index in [-0.39, 0.29) is 17.6 Å². The number of carbonyl (C=O) groups excluding carboxylic acids is 1. The van der Waals surface area contributed by atoms with Crippen molar-refractivity contribution in [3.8, 4) is 5.75 Å². The summed E-state index contributed by atoms with van der Waals surface area (Å²) in [7, 11) is 1.36. The number of rotatable bonds is 1. The van der Waals surface area contributed by atoms with E-state index in [1.54, 1.807) is 6.07 Å². The van der Waals surface area contributed by atoms with Crippen molar-refractivity contribution in [1.29, 1.82) is 0 Å². The molecule has 0 heterocycles. The Morgan fingerprint density at radius 3 is 3.06 bits per heavy atom. The van der Waals surface area contributed by atoms with Gasteiger partial charge in [0.15, 0.2) is 11.6 Å². The fourth-order valence-corrected chi connectivity index (χ4v) is 3.38. The number of halogens is 1. The van der Waals surface area contributed by atoms with E-state index in [0.29, 0.717) is 12.0 Å². The zero-order chi connectivity index (χ0) is 12.9. The first-order valence-electron chi connectivity index (χ1n) is 6.19. The smallest absolute Gasteiger partial charge is 0.309 e. The fraction of sp³-hybridized carbons (Fsp3) is 0.500. The van der Waals surface area contributed by atoms with Crippen molar-refractivity contribution in [2.45, 2.75) is 31.1 Å². The highest BCUT2D eigenvalue weighted by molar-refractivity contribution is 5.79. The lowest BCUT2D eigenvalue weighted by atomic mass is 9.78. The Morgan fingerprint density at radius 2 is 2.33 bits per heavy atom. The molecule has 0 aromatic heterocycles. The van der Waals surface area contributed by atoms with Gasteiger partial charge in [-0.15, -0.1) is 0 Å². The third-order valence-corrected chi connectivity index (χ3v) is 4.34. The van der Waals surface area contributed by atoms with E-state index >= 15 is 0 Å². The number of benzene rings is 1. The lowest BCUT2D eigenvalue weighted by Crippen LogP contribution is -2.23. The number of phenols is 1. The van der Waals surface area contributed by atoms with Crippen LogP contribution < -0.4 is 0 Å². The Balaban J connectivity index is 2.09. The second-order valence-corrected chi connectivity index (χ2v) is 5.22. The molecule has 0 saturated heterocycles. The minimum absolute atomic E-state index is 0.252. The number of carbonyl (C=O) groups is 1. The molecule has 3 nitrogen and oxygen atoms in total. The van der Waals surface area contributed by atoms with E-state index in [1.807, 2.05) is 0 Å². The molecule has 1 aromatic carbocycles. The molecule has 0 bridgehead atoms. The molecular weight excluding hydrogens is 235 g/mol. The number of methoxy groups -OCH3 is 1. The van der Waals surface area contributed by atoms with E-state index in [9.17, 15) is 14.3 Å². The predicted octanol–water partition coefficient (Wildman–Crippen LogP) is 2.30. The number of ether oxygens (including phenoxy) is 1. The number of phenolic OH excluding ortho intramolecular Hbond substituents is 1. The topological polar surface area (TPSA) is 46.5 Å². The molecule has 0 amide bonds. The molecule has 1 aromatic rings. The second kappa shape index (κ2) is 3.70. The summed E-state index contributed by atoms with van der Waals surface area (Å²) in [6, 6.07) is 3.16. The van der Waals surface area contributed by atoms with Crippen LogP contribution in [0.5, 0.6) is 5.75 Å². The van der Waals surface area contributed by atoms with Crippen LogP contribution in [0, 0.1) is 11.7 Å². The summed E-state index contributed by atoms with van der Waals surface area (Å²) in [5.41, 5.74) is 1.04. The van der Waals surface area contributed by atoms with Gasteiger partial charge in [0.25, 0.3) is 0 Å². The zero-order valence-electron chi connectivity index (χ0n) is 10.2. The van der Waals surface area contributed by atoms with Crippen molar-refractivity contribution in [2.75, 3.05) is 7.11 Å². The van der Waals surface area contributed by atoms with Crippen molar-refractivity contribution in [1.82, 2.24) is 0 Å². The average Bonchev–Trinajstić information content (AvgIpc) is 3.08. The lowest BCUT2D eigenvalue weighted by molar-refractivity contribution is -0.142. The molecular formula is C14H15FO3. The quantitative estimate of drug-likeness (QED) is 0.778. The third kappa shape index (κ3) is 1.38. The van der Waals surface area contributed by atoms with Crippen molar-refractivity contribution in [2.24, 2.45) is 5.92 Å². The van der Waals surface area contributed by atoms with Crippen molar-refractivity contribution in [3.05, 3.63) is 29.1 Å². The van der Waals surface area contributed by atoms with Crippen molar-refractivity contribution < 1.29 is 19.0 Å². The van der Waals surface area contributed by atoms with Crippen LogP contribution >= 0.6 is 0 Å². The van der Waals surface area contributed by atoms with Gasteiger partial charge in [0, 0.05) is 11.0 Å². The Labute approximate surface area is 105 Å². The van der Waals surface area contributed by atoms with Gasteiger partial charge >= 0.3 is 5.97 Å². The first-order valence-corrected chi connectivity index (χ1v) is 6.19. The molecule has 1 spiro atoms. The molecule has 1 N–H and O–H groups in total. The van der Waals surface area contributed by atoms with E-state index in [1.165, 1.54) is 13.2 Å². The van der Waals surface area contributed by atoms with Gasteiger partial charge in [0.1, 0.15) is 0 Å². The second-order valence-electron chi connectivity index (χ2n) is 5.22. The third-order valence-electron chi connectivity index (χ3n) is 4.34. The van der Waals surface area contributed by atoms with Crippen LogP contribution in [-0.4, -0.2) is 18.2 Å². The number of esters is 1. The predicted molar refractivity (Wildman–Crippen MR) is 62.8 cm³/mol. The molecule has 2 aliphatic rings. The molecule has 3 rings (SSSR count). The summed E-state index contributed by atoms with van der Waals surface area (Å²) in [6.07, 6.45) is 3.18. The number of hydrogen-bond acceptors (Lipinski definition) is 3. The summed E-state index contributed by atoms with van der Waals surface area (Å²) < 4.78 is 18.9. The highest BCUT2D eigenvalue weighted by atomic mass is 19.1. The summed E-state index contributed by atoms with van der Waals surface area (Å²) in [6.45, 7) is 0. The molecule has 2 aliphatic carbocycles. The standard InChI is InChI=1S/C14H15FO3/c1-18-13(17)9-7-14(9)6-2-3-8-4-5-10(16)12(15)11(8)14/h4-5,9,16H,2-3,6-7H2,1H3/t9-,14+/m1/s1. The zero-order valence-corrected chi connectivity index (χ0v) is 10.2. The van der Waals surface area contributed by atoms with E-state index in [0.717, 1.165) is 24.8 Å². The summed E-state index contributed by atoms with van der Waals surface area (Å²) in [5, 5.41) is 9.53. The highest BCUT2D eigenvalue weighted by Crippen LogP contribution is 2.61. The monoisotopic (exact) mass is 250 g/mol. The van der Waals surface area contributed by atoms with Crippen LogP contribution in [-0.2, 0) is 21.4 Å².